The Morgan fingerprint density at radius 1 is 1.00 bits per heavy atom. The number of carbonyl (C=O) groups is 3. The lowest BCUT2D eigenvalue weighted by Crippen LogP contribution is -2.52. The van der Waals surface area contributed by atoms with Crippen LogP contribution in [0, 0.1) is 11.7 Å². The Labute approximate surface area is 249 Å². The second kappa shape index (κ2) is 13.1. The van der Waals surface area contributed by atoms with Crippen LogP contribution in [-0.4, -0.2) is 64.1 Å². The summed E-state index contributed by atoms with van der Waals surface area (Å²) >= 11 is 0. The predicted octanol–water partition coefficient (Wildman–Crippen LogP) is 4.76. The molecule has 0 radical (unpaired) electrons. The highest BCUT2D eigenvalue weighted by Crippen LogP contribution is 2.26. The average molecular weight is 586 g/mol. The fourth-order valence-corrected chi connectivity index (χ4v) is 5.65. The highest BCUT2D eigenvalue weighted by atomic mass is 19.1. The summed E-state index contributed by atoms with van der Waals surface area (Å²) in [6, 6.07) is 22.8. The number of nitrogens with one attached hydrogen (secondary N) is 4. The molecule has 0 spiro atoms. The number of aromatic nitrogens is 1. The van der Waals surface area contributed by atoms with Gasteiger partial charge in [0.1, 0.15) is 17.6 Å². The summed E-state index contributed by atoms with van der Waals surface area (Å²) in [5.74, 6) is -1.10. The van der Waals surface area contributed by atoms with Gasteiger partial charge in [-0.25, -0.2) is 9.18 Å². The molecule has 3 amide bonds. The first-order chi connectivity index (χ1) is 20.7. The van der Waals surface area contributed by atoms with Crippen LogP contribution in [0.1, 0.15) is 36.3 Å². The molecule has 3 atom stereocenters. The van der Waals surface area contributed by atoms with Crippen molar-refractivity contribution in [3.63, 3.8) is 0 Å². The molecule has 10 heteroatoms. The Balaban J connectivity index is 1.26. The van der Waals surface area contributed by atoms with Crippen molar-refractivity contribution in [2.24, 2.45) is 5.92 Å². The minimum atomic E-state index is -1.24. The van der Waals surface area contributed by atoms with E-state index in [4.69, 9.17) is 0 Å². The van der Waals surface area contributed by atoms with E-state index < -0.39 is 12.1 Å². The van der Waals surface area contributed by atoms with E-state index in [0.29, 0.717) is 31.7 Å². The van der Waals surface area contributed by atoms with Gasteiger partial charge in [-0.3, -0.25) is 14.5 Å². The second-order valence-electron chi connectivity index (χ2n) is 11.4. The molecule has 1 saturated heterocycles. The molecule has 43 heavy (non-hydrogen) atoms. The molecule has 0 bridgehead atoms. The van der Waals surface area contributed by atoms with Crippen molar-refractivity contribution in [1.82, 2.24) is 25.8 Å². The number of carboxylic acid groups (broad SMARTS) is 1. The van der Waals surface area contributed by atoms with Gasteiger partial charge in [0, 0.05) is 42.6 Å². The summed E-state index contributed by atoms with van der Waals surface area (Å²) in [6.45, 7) is 5.17. The highest BCUT2D eigenvalue weighted by molar-refractivity contribution is 5.98. The van der Waals surface area contributed by atoms with Crippen LogP contribution in [0.15, 0.2) is 78.9 Å². The maximum atomic E-state index is 13.4. The normalized spacial score (nSPS) is 17.6. The first kappa shape index (κ1) is 29.8. The van der Waals surface area contributed by atoms with E-state index in [0.717, 1.165) is 27.6 Å². The Morgan fingerprint density at radius 3 is 2.42 bits per heavy atom. The van der Waals surface area contributed by atoms with Crippen LogP contribution in [0.2, 0.25) is 0 Å². The number of benzene rings is 3. The fraction of sp³-hybridized carbons (Fsp3) is 0.303. The first-order valence-electron chi connectivity index (χ1n) is 14.4. The molecule has 5 N–H and O–H groups in total. The monoisotopic (exact) mass is 585 g/mol. The predicted molar refractivity (Wildman–Crippen MR) is 163 cm³/mol. The molecular weight excluding hydrogens is 549 g/mol. The van der Waals surface area contributed by atoms with Gasteiger partial charge in [0.2, 0.25) is 5.91 Å². The molecule has 1 aliphatic heterocycles. The van der Waals surface area contributed by atoms with Gasteiger partial charge in [-0.05, 0) is 53.3 Å². The largest absolute Gasteiger partial charge is 0.465 e. The van der Waals surface area contributed by atoms with E-state index in [1.54, 1.807) is 32.0 Å². The van der Waals surface area contributed by atoms with Crippen LogP contribution in [0.25, 0.3) is 22.0 Å². The van der Waals surface area contributed by atoms with E-state index >= 15 is 0 Å². The molecule has 0 saturated carbocycles. The summed E-state index contributed by atoms with van der Waals surface area (Å²) in [7, 11) is 0. The molecule has 9 nitrogen and oxygen atoms in total. The van der Waals surface area contributed by atoms with Crippen molar-refractivity contribution < 1.29 is 23.9 Å². The molecule has 4 aromatic rings. The number of aromatic amines is 1. The number of nitrogens with zero attached hydrogens (tertiary/aromatic N) is 1. The lowest BCUT2D eigenvalue weighted by Gasteiger charge is -2.24. The van der Waals surface area contributed by atoms with Gasteiger partial charge in [-0.15, -0.1) is 0 Å². The van der Waals surface area contributed by atoms with Crippen molar-refractivity contribution in [3.05, 3.63) is 95.9 Å². The molecule has 0 unspecified atom stereocenters. The van der Waals surface area contributed by atoms with Crippen LogP contribution >= 0.6 is 0 Å². The molecular formula is C33H36FN5O4. The number of H-pyrrole nitrogens is 1. The smallest absolute Gasteiger partial charge is 0.405 e. The van der Waals surface area contributed by atoms with Crippen LogP contribution in [0.4, 0.5) is 9.18 Å². The number of carbonyl (C=O) groups excluding carboxylic acids is 2. The Bertz CT molecular complexity index is 1590. The van der Waals surface area contributed by atoms with Crippen molar-refractivity contribution >= 4 is 28.8 Å². The third-order valence-electron chi connectivity index (χ3n) is 7.87. The number of fused-ring (bicyclic) bond motifs is 1. The van der Waals surface area contributed by atoms with E-state index in [2.05, 4.69) is 25.8 Å². The summed E-state index contributed by atoms with van der Waals surface area (Å²) in [4.78, 5) is 42.8. The maximum Gasteiger partial charge on any atom is 0.405 e. The minimum Gasteiger partial charge on any atom is -0.465 e. The van der Waals surface area contributed by atoms with Crippen LogP contribution in [0.3, 0.4) is 0 Å². The van der Waals surface area contributed by atoms with Crippen LogP contribution < -0.4 is 16.0 Å². The third-order valence-corrected chi connectivity index (χ3v) is 7.87. The van der Waals surface area contributed by atoms with Gasteiger partial charge in [0.05, 0.1) is 0 Å². The number of halogens is 1. The van der Waals surface area contributed by atoms with Crippen LogP contribution in [-0.2, 0) is 11.3 Å². The van der Waals surface area contributed by atoms with Gasteiger partial charge in [0.15, 0.2) is 0 Å². The molecule has 1 aromatic heterocycles. The second-order valence-corrected chi connectivity index (χ2v) is 11.4. The number of likely N-dealkylation sites (tertiary alicyclic amines) is 1. The lowest BCUT2D eigenvalue weighted by atomic mass is 10.0. The standard InChI is InChI=1S/C33H36FN5O4/c1-20(2)30(38-33(42)43)32(41)36-26-16-27(39(19-26)18-21-6-4-3-5-7-21)17-35-31(40)29-15-24-9-8-23(14-28(24)37-29)22-10-12-25(34)13-11-22/h3-15,20,26-27,30,37-38H,16-19H2,1-2H3,(H,35,40)(H,36,41)(H,42,43)/t26-,27-,30+/m0/s1. The van der Waals surface area contributed by atoms with Crippen molar-refractivity contribution in [1.29, 1.82) is 0 Å². The summed E-state index contributed by atoms with van der Waals surface area (Å²) in [5, 5.41) is 18.5. The van der Waals surface area contributed by atoms with Gasteiger partial charge < -0.3 is 26.0 Å². The SMILES string of the molecule is CC(C)[C@@H](NC(=O)O)C(=O)N[C@H]1C[C@@H](CNC(=O)c2cc3ccc(-c4ccc(F)cc4)cc3[nH]2)N(Cc2ccccc2)C1. The molecule has 1 aliphatic rings. The highest BCUT2D eigenvalue weighted by Gasteiger charge is 2.35. The minimum absolute atomic E-state index is 0.0474. The Kier molecular flexibility index (Phi) is 9.06. The van der Waals surface area contributed by atoms with E-state index in [-0.39, 0.29) is 35.6 Å². The van der Waals surface area contributed by atoms with Gasteiger partial charge >= 0.3 is 6.09 Å². The third kappa shape index (κ3) is 7.39. The van der Waals surface area contributed by atoms with E-state index in [1.165, 1.54) is 12.1 Å². The van der Waals surface area contributed by atoms with Gasteiger partial charge in [0.25, 0.3) is 5.91 Å². The summed E-state index contributed by atoms with van der Waals surface area (Å²) < 4.78 is 13.4. The zero-order chi connectivity index (χ0) is 30.5. The first-order valence-corrected chi connectivity index (χ1v) is 14.4. The van der Waals surface area contributed by atoms with Gasteiger partial charge in [-0.1, -0.05) is 68.4 Å². The number of hydrogen-bond donors (Lipinski definition) is 5. The van der Waals surface area contributed by atoms with Crippen LogP contribution in [0.5, 0.6) is 0 Å². The fourth-order valence-electron chi connectivity index (χ4n) is 5.65. The zero-order valence-corrected chi connectivity index (χ0v) is 24.1. The lowest BCUT2D eigenvalue weighted by molar-refractivity contribution is -0.124. The van der Waals surface area contributed by atoms with Crippen molar-refractivity contribution in [3.8, 4) is 11.1 Å². The zero-order valence-electron chi connectivity index (χ0n) is 24.1. The van der Waals surface area contributed by atoms with Crippen molar-refractivity contribution in [2.75, 3.05) is 13.1 Å². The summed E-state index contributed by atoms with van der Waals surface area (Å²) in [5.41, 5.74) is 4.14. The molecule has 1 fully saturated rings. The average Bonchev–Trinajstić information content (AvgIpc) is 3.58. The Hall–Kier alpha value is -4.70. The van der Waals surface area contributed by atoms with Gasteiger partial charge in [-0.2, -0.15) is 0 Å². The molecule has 224 valence electrons. The number of rotatable bonds is 10. The molecule has 3 aromatic carbocycles. The topological polar surface area (TPSA) is 127 Å². The van der Waals surface area contributed by atoms with E-state index in [1.807, 2.05) is 48.5 Å². The molecule has 5 rings (SSSR count). The van der Waals surface area contributed by atoms with E-state index in [9.17, 15) is 23.9 Å². The van der Waals surface area contributed by atoms with Crippen molar-refractivity contribution in [2.45, 2.75) is 44.9 Å². The molecule has 2 heterocycles. The summed E-state index contributed by atoms with van der Waals surface area (Å²) in [6.07, 6.45) is -0.639. The quantitative estimate of drug-likeness (QED) is 0.184. The number of amides is 3. The maximum absolute atomic E-state index is 13.4. The Morgan fingerprint density at radius 2 is 1.72 bits per heavy atom. The molecule has 0 aliphatic carbocycles. The number of hydrogen-bond acceptors (Lipinski definition) is 4.